The molecule has 0 saturated heterocycles. The lowest BCUT2D eigenvalue weighted by atomic mass is 10.1. The number of halogens is 1. The summed E-state index contributed by atoms with van der Waals surface area (Å²) in [6.45, 7) is 0. The molecule has 0 fully saturated rings. The second kappa shape index (κ2) is 7.50. The maximum absolute atomic E-state index is 12.6. The minimum Gasteiger partial charge on any atom is -0.424 e. The van der Waals surface area contributed by atoms with Gasteiger partial charge in [0.1, 0.15) is 5.75 Å². The maximum Gasteiger partial charge on any atom is 0.333 e. The van der Waals surface area contributed by atoms with Crippen LogP contribution in [-0.2, 0) is 0 Å². The summed E-state index contributed by atoms with van der Waals surface area (Å²) in [5.74, 6) is 0.479. The predicted molar refractivity (Wildman–Crippen MR) is 105 cm³/mol. The first-order valence-corrected chi connectivity index (χ1v) is 8.66. The first-order valence-electron chi connectivity index (χ1n) is 8.28. The minimum absolute atomic E-state index is 0.203. The van der Waals surface area contributed by atoms with Gasteiger partial charge in [0, 0.05) is 29.0 Å². The quantitative estimate of drug-likeness (QED) is 0.574. The molecule has 0 amide bonds. The fourth-order valence-corrected chi connectivity index (χ4v) is 2.91. The Morgan fingerprint density at radius 2 is 1.64 bits per heavy atom. The molecule has 2 aromatic heterocycles. The molecule has 0 spiro atoms. The highest BCUT2D eigenvalue weighted by molar-refractivity contribution is 6.33. The topological polar surface area (TPSA) is 89.9 Å². The first-order chi connectivity index (χ1) is 13.6. The van der Waals surface area contributed by atoms with Crippen molar-refractivity contribution in [1.82, 2.24) is 19.5 Å². The van der Waals surface area contributed by atoms with Gasteiger partial charge in [-0.15, -0.1) is 0 Å². The van der Waals surface area contributed by atoms with E-state index in [0.29, 0.717) is 27.7 Å². The van der Waals surface area contributed by atoms with Crippen LogP contribution in [0.2, 0.25) is 5.02 Å². The first kappa shape index (κ1) is 17.7. The van der Waals surface area contributed by atoms with Gasteiger partial charge >= 0.3 is 11.7 Å². The van der Waals surface area contributed by atoms with E-state index in [2.05, 4.69) is 15.0 Å². The Morgan fingerprint density at radius 3 is 2.32 bits per heavy atom. The smallest absolute Gasteiger partial charge is 0.333 e. The number of nitrogens with one attached hydrogen (secondary N) is 1. The van der Waals surface area contributed by atoms with Crippen LogP contribution in [-0.4, -0.2) is 19.5 Å². The molecule has 0 aliphatic heterocycles. The summed E-state index contributed by atoms with van der Waals surface area (Å²) in [7, 11) is 0. The number of aromatic nitrogens is 4. The molecule has 2 aromatic carbocycles. The summed E-state index contributed by atoms with van der Waals surface area (Å²) in [4.78, 5) is 35.8. The lowest BCUT2D eigenvalue weighted by Gasteiger charge is -2.09. The van der Waals surface area contributed by atoms with Crippen molar-refractivity contribution in [3.63, 3.8) is 0 Å². The van der Waals surface area contributed by atoms with Crippen LogP contribution in [0.25, 0.3) is 16.9 Å². The summed E-state index contributed by atoms with van der Waals surface area (Å²) < 4.78 is 6.54. The van der Waals surface area contributed by atoms with Gasteiger partial charge in [-0.2, -0.15) is 0 Å². The molecule has 8 heteroatoms. The summed E-state index contributed by atoms with van der Waals surface area (Å²) in [6.07, 6.45) is 3.13. The van der Waals surface area contributed by atoms with E-state index < -0.39 is 11.2 Å². The number of ether oxygens (including phenoxy) is 1. The molecule has 0 aliphatic rings. The zero-order valence-corrected chi connectivity index (χ0v) is 15.1. The SMILES string of the molecule is O=c1cc(-c2ccccc2Cl)[nH]c(=O)n1-c1ccc(Oc2ncccn2)cc1. The second-order valence-corrected chi connectivity index (χ2v) is 6.18. The zero-order chi connectivity index (χ0) is 19.5. The molecule has 2 heterocycles. The molecule has 0 unspecified atom stereocenters. The van der Waals surface area contributed by atoms with E-state index in [9.17, 15) is 9.59 Å². The van der Waals surface area contributed by atoms with E-state index in [1.165, 1.54) is 6.07 Å². The lowest BCUT2D eigenvalue weighted by Crippen LogP contribution is -2.33. The molecular weight excluding hydrogens is 380 g/mol. The molecule has 4 rings (SSSR count). The predicted octanol–water partition coefficient (Wildman–Crippen LogP) is 3.43. The van der Waals surface area contributed by atoms with Gasteiger partial charge in [-0.3, -0.25) is 4.79 Å². The molecule has 0 aliphatic carbocycles. The molecule has 0 radical (unpaired) electrons. The number of hydrogen-bond donors (Lipinski definition) is 1. The molecule has 0 bridgehead atoms. The van der Waals surface area contributed by atoms with Crippen LogP contribution < -0.4 is 16.0 Å². The van der Waals surface area contributed by atoms with Gasteiger partial charge in [-0.25, -0.2) is 19.3 Å². The van der Waals surface area contributed by atoms with E-state index in [4.69, 9.17) is 16.3 Å². The second-order valence-electron chi connectivity index (χ2n) is 5.77. The summed E-state index contributed by atoms with van der Waals surface area (Å²) in [6, 6.07) is 16.6. The molecule has 28 heavy (non-hydrogen) atoms. The Morgan fingerprint density at radius 1 is 0.929 bits per heavy atom. The van der Waals surface area contributed by atoms with Crippen LogP contribution in [0, 0.1) is 0 Å². The van der Waals surface area contributed by atoms with Crippen LogP contribution in [0.15, 0.2) is 82.6 Å². The van der Waals surface area contributed by atoms with Crippen molar-refractivity contribution in [2.24, 2.45) is 0 Å². The van der Waals surface area contributed by atoms with Crippen molar-refractivity contribution in [3.05, 3.63) is 98.9 Å². The number of aromatic amines is 1. The van der Waals surface area contributed by atoms with Gasteiger partial charge in [0.2, 0.25) is 0 Å². The molecule has 0 saturated carbocycles. The molecule has 138 valence electrons. The van der Waals surface area contributed by atoms with Crippen molar-refractivity contribution in [2.45, 2.75) is 0 Å². The van der Waals surface area contributed by atoms with Gasteiger partial charge in [-0.1, -0.05) is 29.8 Å². The highest BCUT2D eigenvalue weighted by atomic mass is 35.5. The Balaban J connectivity index is 1.67. The van der Waals surface area contributed by atoms with Gasteiger partial charge in [-0.05, 0) is 36.4 Å². The average Bonchev–Trinajstić information content (AvgIpc) is 2.70. The number of hydrogen-bond acceptors (Lipinski definition) is 5. The fourth-order valence-electron chi connectivity index (χ4n) is 2.67. The van der Waals surface area contributed by atoms with E-state index in [-0.39, 0.29) is 6.01 Å². The summed E-state index contributed by atoms with van der Waals surface area (Å²) in [5.41, 5.74) is 0.301. The Bertz CT molecular complexity index is 1200. The maximum atomic E-state index is 12.6. The van der Waals surface area contributed by atoms with E-state index in [1.54, 1.807) is 67.0 Å². The van der Waals surface area contributed by atoms with Crippen LogP contribution in [0.3, 0.4) is 0 Å². The van der Waals surface area contributed by atoms with Gasteiger partial charge < -0.3 is 9.72 Å². The largest absolute Gasteiger partial charge is 0.424 e. The van der Waals surface area contributed by atoms with Crippen LogP contribution in [0.1, 0.15) is 0 Å². The van der Waals surface area contributed by atoms with Crippen LogP contribution in [0.5, 0.6) is 11.8 Å². The van der Waals surface area contributed by atoms with Crippen molar-refractivity contribution in [1.29, 1.82) is 0 Å². The number of nitrogens with zero attached hydrogens (tertiary/aromatic N) is 3. The van der Waals surface area contributed by atoms with Crippen molar-refractivity contribution >= 4 is 11.6 Å². The van der Waals surface area contributed by atoms with E-state index in [1.807, 2.05) is 0 Å². The standard InChI is InChI=1S/C20H13ClN4O3/c21-16-5-2-1-4-15(16)17-12-18(26)25(20(27)24-17)13-6-8-14(9-7-13)28-19-22-10-3-11-23-19/h1-12H,(H,24,27). The van der Waals surface area contributed by atoms with Gasteiger partial charge in [0.15, 0.2) is 0 Å². The number of H-pyrrole nitrogens is 1. The fraction of sp³-hybridized carbons (Fsp3) is 0. The van der Waals surface area contributed by atoms with E-state index >= 15 is 0 Å². The van der Waals surface area contributed by atoms with Crippen molar-refractivity contribution in [3.8, 4) is 28.7 Å². The summed E-state index contributed by atoms with van der Waals surface area (Å²) in [5, 5.41) is 0.444. The van der Waals surface area contributed by atoms with Gasteiger partial charge in [0.05, 0.1) is 11.4 Å². The van der Waals surface area contributed by atoms with Gasteiger partial charge in [0.25, 0.3) is 5.56 Å². The molecule has 7 nitrogen and oxygen atoms in total. The number of benzene rings is 2. The zero-order valence-electron chi connectivity index (χ0n) is 14.4. The van der Waals surface area contributed by atoms with Crippen molar-refractivity contribution in [2.75, 3.05) is 0 Å². The third-order valence-corrected chi connectivity index (χ3v) is 4.27. The normalized spacial score (nSPS) is 10.6. The molecule has 0 atom stereocenters. The highest BCUT2D eigenvalue weighted by Gasteiger charge is 2.10. The monoisotopic (exact) mass is 392 g/mol. The van der Waals surface area contributed by atoms with E-state index in [0.717, 1.165) is 4.57 Å². The Hall–Kier alpha value is -3.71. The molecule has 1 N–H and O–H groups in total. The van der Waals surface area contributed by atoms with Crippen molar-refractivity contribution < 1.29 is 4.74 Å². The number of rotatable bonds is 4. The highest BCUT2D eigenvalue weighted by Crippen LogP contribution is 2.24. The third-order valence-electron chi connectivity index (χ3n) is 3.94. The third kappa shape index (κ3) is 3.56. The summed E-state index contributed by atoms with van der Waals surface area (Å²) >= 11 is 6.15. The Labute approximate surface area is 163 Å². The molecule has 4 aromatic rings. The minimum atomic E-state index is -0.567. The Kier molecular flexibility index (Phi) is 4.74. The van der Waals surface area contributed by atoms with Crippen LogP contribution in [0.4, 0.5) is 0 Å². The average molecular weight is 393 g/mol. The van der Waals surface area contributed by atoms with Crippen LogP contribution >= 0.6 is 11.6 Å². The molecular formula is C20H13ClN4O3. The lowest BCUT2D eigenvalue weighted by molar-refractivity contribution is 0.441.